The number of hydrogen-bond donors (Lipinski definition) is 0. The second-order valence-corrected chi connectivity index (χ2v) is 4.51. The first-order valence-electron chi connectivity index (χ1n) is 6.69. The number of nitrogens with zero attached hydrogens (tertiary/aromatic N) is 1. The van der Waals surface area contributed by atoms with Crippen LogP contribution in [0.3, 0.4) is 0 Å². The molecule has 0 fully saturated rings. The van der Waals surface area contributed by atoms with Crippen molar-refractivity contribution in [2.75, 3.05) is 13.1 Å². The van der Waals surface area contributed by atoms with Crippen LogP contribution < -0.4 is 0 Å². The third-order valence-corrected chi connectivity index (χ3v) is 2.86. The van der Waals surface area contributed by atoms with Gasteiger partial charge < -0.3 is 4.90 Å². The van der Waals surface area contributed by atoms with E-state index in [0.29, 0.717) is 12.8 Å². The van der Waals surface area contributed by atoms with E-state index < -0.39 is 0 Å². The first-order chi connectivity index (χ1) is 8.67. The van der Waals surface area contributed by atoms with Crippen molar-refractivity contribution in [2.24, 2.45) is 0 Å². The Balaban J connectivity index is 2.48. The highest BCUT2D eigenvalue weighted by Crippen LogP contribution is 2.08. The van der Waals surface area contributed by atoms with Crippen LogP contribution in [0.25, 0.3) is 0 Å². The zero-order valence-corrected chi connectivity index (χ0v) is 11.3. The Labute approximate surface area is 109 Å². The van der Waals surface area contributed by atoms with Crippen LogP contribution in [0.2, 0.25) is 0 Å². The summed E-state index contributed by atoms with van der Waals surface area (Å²) in [4.78, 5) is 13.9. The van der Waals surface area contributed by atoms with Gasteiger partial charge in [-0.05, 0) is 37.0 Å². The molecule has 0 bridgehead atoms. The third-order valence-electron chi connectivity index (χ3n) is 2.86. The Morgan fingerprint density at radius 1 is 1.22 bits per heavy atom. The number of aryl methyl sites for hydroxylation is 1. The van der Waals surface area contributed by atoms with Crippen LogP contribution in [-0.2, 0) is 11.2 Å². The molecule has 0 aromatic heterocycles. The molecular formula is C15H22FNO. The van der Waals surface area contributed by atoms with E-state index in [4.69, 9.17) is 0 Å². The van der Waals surface area contributed by atoms with E-state index in [1.165, 1.54) is 12.1 Å². The molecule has 2 nitrogen and oxygen atoms in total. The fourth-order valence-corrected chi connectivity index (χ4v) is 2.00. The molecule has 100 valence electrons. The van der Waals surface area contributed by atoms with Gasteiger partial charge in [0.1, 0.15) is 5.82 Å². The predicted octanol–water partition coefficient (Wildman–Crippen LogP) is 3.41. The smallest absolute Gasteiger partial charge is 0.222 e. The van der Waals surface area contributed by atoms with Gasteiger partial charge in [0.25, 0.3) is 0 Å². The fraction of sp³-hybridized carbons (Fsp3) is 0.533. The van der Waals surface area contributed by atoms with E-state index in [1.807, 2.05) is 11.0 Å². The Kier molecular flexibility index (Phi) is 6.40. The second-order valence-electron chi connectivity index (χ2n) is 4.51. The number of halogens is 1. The number of carbonyl (C=O) groups excluding carboxylic acids is 1. The van der Waals surface area contributed by atoms with Crippen LogP contribution in [0.4, 0.5) is 4.39 Å². The molecule has 0 heterocycles. The number of rotatable bonds is 7. The first-order valence-corrected chi connectivity index (χ1v) is 6.69. The minimum absolute atomic E-state index is 0.169. The highest BCUT2D eigenvalue weighted by atomic mass is 19.1. The predicted molar refractivity (Wildman–Crippen MR) is 71.9 cm³/mol. The number of amides is 1. The summed E-state index contributed by atoms with van der Waals surface area (Å²) in [6.07, 6.45) is 3.03. The van der Waals surface area contributed by atoms with E-state index in [1.54, 1.807) is 6.07 Å². The molecule has 0 saturated carbocycles. The number of hydrogen-bond acceptors (Lipinski definition) is 1. The van der Waals surface area contributed by atoms with Crippen molar-refractivity contribution in [3.05, 3.63) is 35.6 Å². The van der Waals surface area contributed by atoms with E-state index in [2.05, 4.69) is 13.8 Å². The highest BCUT2D eigenvalue weighted by molar-refractivity contribution is 5.76. The molecule has 0 spiro atoms. The summed E-state index contributed by atoms with van der Waals surface area (Å²) in [5.74, 6) is -0.0677. The van der Waals surface area contributed by atoms with E-state index in [0.717, 1.165) is 31.5 Å². The molecular weight excluding hydrogens is 229 g/mol. The average Bonchev–Trinajstić information content (AvgIpc) is 2.36. The Hall–Kier alpha value is -1.38. The lowest BCUT2D eigenvalue weighted by Crippen LogP contribution is -2.32. The van der Waals surface area contributed by atoms with Gasteiger partial charge >= 0.3 is 0 Å². The lowest BCUT2D eigenvalue weighted by Gasteiger charge is -2.21. The van der Waals surface area contributed by atoms with Crippen LogP contribution in [-0.4, -0.2) is 23.9 Å². The normalized spacial score (nSPS) is 10.4. The van der Waals surface area contributed by atoms with Crippen molar-refractivity contribution in [3.63, 3.8) is 0 Å². The van der Waals surface area contributed by atoms with Gasteiger partial charge in [-0.1, -0.05) is 26.0 Å². The third kappa shape index (κ3) is 4.86. The summed E-state index contributed by atoms with van der Waals surface area (Å²) < 4.78 is 13.0. The van der Waals surface area contributed by atoms with E-state index in [-0.39, 0.29) is 11.7 Å². The average molecular weight is 251 g/mol. The Morgan fingerprint density at radius 2 is 1.89 bits per heavy atom. The summed E-state index contributed by atoms with van der Waals surface area (Å²) in [5, 5.41) is 0. The molecule has 1 aromatic rings. The van der Waals surface area contributed by atoms with Crippen molar-refractivity contribution >= 4 is 5.91 Å². The van der Waals surface area contributed by atoms with Gasteiger partial charge in [0.15, 0.2) is 0 Å². The maximum absolute atomic E-state index is 13.0. The van der Waals surface area contributed by atoms with Crippen molar-refractivity contribution in [3.8, 4) is 0 Å². The van der Waals surface area contributed by atoms with Crippen molar-refractivity contribution in [1.29, 1.82) is 0 Å². The van der Waals surface area contributed by atoms with Crippen molar-refractivity contribution < 1.29 is 9.18 Å². The molecule has 0 radical (unpaired) electrons. The highest BCUT2D eigenvalue weighted by Gasteiger charge is 2.11. The summed E-state index contributed by atoms with van der Waals surface area (Å²) in [5.41, 5.74) is 0.885. The topological polar surface area (TPSA) is 20.3 Å². The van der Waals surface area contributed by atoms with E-state index >= 15 is 0 Å². The van der Waals surface area contributed by atoms with Gasteiger partial charge in [0.2, 0.25) is 5.91 Å². The summed E-state index contributed by atoms with van der Waals surface area (Å²) in [6.45, 7) is 5.77. The molecule has 0 unspecified atom stereocenters. The summed E-state index contributed by atoms with van der Waals surface area (Å²) >= 11 is 0. The molecule has 0 aliphatic carbocycles. The maximum atomic E-state index is 13.0. The van der Waals surface area contributed by atoms with Crippen LogP contribution in [0, 0.1) is 5.82 Å². The van der Waals surface area contributed by atoms with Gasteiger partial charge in [-0.25, -0.2) is 4.39 Å². The Morgan fingerprint density at radius 3 is 2.44 bits per heavy atom. The minimum Gasteiger partial charge on any atom is -0.343 e. The Bertz CT molecular complexity index is 373. The minimum atomic E-state index is -0.237. The molecule has 0 N–H and O–H groups in total. The molecule has 1 rings (SSSR count). The van der Waals surface area contributed by atoms with Gasteiger partial charge in [0, 0.05) is 19.5 Å². The standard InChI is InChI=1S/C15H22FNO/c1-3-10-17(11-4-2)15(18)9-8-13-6-5-7-14(16)12-13/h5-7,12H,3-4,8-11H2,1-2H3. The molecule has 3 heteroatoms. The number of benzene rings is 1. The van der Waals surface area contributed by atoms with Gasteiger partial charge in [-0.2, -0.15) is 0 Å². The van der Waals surface area contributed by atoms with Gasteiger partial charge in [-0.15, -0.1) is 0 Å². The number of carbonyl (C=O) groups is 1. The molecule has 0 atom stereocenters. The van der Waals surface area contributed by atoms with Crippen LogP contribution in [0.1, 0.15) is 38.7 Å². The van der Waals surface area contributed by atoms with Crippen LogP contribution in [0.5, 0.6) is 0 Å². The van der Waals surface area contributed by atoms with E-state index in [9.17, 15) is 9.18 Å². The largest absolute Gasteiger partial charge is 0.343 e. The lowest BCUT2D eigenvalue weighted by molar-refractivity contribution is -0.131. The fourth-order valence-electron chi connectivity index (χ4n) is 2.00. The molecule has 18 heavy (non-hydrogen) atoms. The zero-order valence-electron chi connectivity index (χ0n) is 11.3. The van der Waals surface area contributed by atoms with Crippen molar-refractivity contribution in [2.45, 2.75) is 39.5 Å². The first kappa shape index (κ1) is 14.7. The zero-order chi connectivity index (χ0) is 13.4. The summed E-state index contributed by atoms with van der Waals surface area (Å²) in [6, 6.07) is 6.47. The van der Waals surface area contributed by atoms with Crippen LogP contribution >= 0.6 is 0 Å². The monoisotopic (exact) mass is 251 g/mol. The molecule has 1 aromatic carbocycles. The molecule has 0 aliphatic heterocycles. The molecule has 0 aliphatic rings. The molecule has 1 amide bonds. The lowest BCUT2D eigenvalue weighted by atomic mass is 10.1. The van der Waals surface area contributed by atoms with Gasteiger partial charge in [-0.3, -0.25) is 4.79 Å². The van der Waals surface area contributed by atoms with Crippen molar-refractivity contribution in [1.82, 2.24) is 4.90 Å². The molecule has 0 saturated heterocycles. The summed E-state index contributed by atoms with van der Waals surface area (Å²) in [7, 11) is 0. The van der Waals surface area contributed by atoms with Crippen LogP contribution in [0.15, 0.2) is 24.3 Å². The quantitative estimate of drug-likeness (QED) is 0.727. The maximum Gasteiger partial charge on any atom is 0.222 e. The SMILES string of the molecule is CCCN(CCC)C(=O)CCc1cccc(F)c1. The van der Waals surface area contributed by atoms with Gasteiger partial charge in [0.05, 0.1) is 0 Å². The second kappa shape index (κ2) is 7.85.